The Morgan fingerprint density at radius 2 is 2.32 bits per heavy atom. The van der Waals surface area contributed by atoms with Crippen molar-refractivity contribution in [2.75, 3.05) is 24.7 Å². The third-order valence-electron chi connectivity index (χ3n) is 2.79. The van der Waals surface area contributed by atoms with E-state index in [9.17, 15) is 14.0 Å². The normalized spacial score (nSPS) is 19.2. The van der Waals surface area contributed by atoms with Crippen molar-refractivity contribution in [2.24, 2.45) is 5.73 Å². The zero-order valence-electron chi connectivity index (χ0n) is 9.88. The van der Waals surface area contributed by atoms with Crippen molar-refractivity contribution >= 4 is 17.7 Å². The molecule has 0 spiro atoms. The molecule has 0 aromatic carbocycles. The summed E-state index contributed by atoms with van der Waals surface area (Å²) >= 11 is 0. The number of carbonyl (C=O) groups excluding carboxylic acids is 1. The van der Waals surface area contributed by atoms with E-state index in [4.69, 9.17) is 15.6 Å². The Morgan fingerprint density at radius 1 is 1.58 bits per heavy atom. The summed E-state index contributed by atoms with van der Waals surface area (Å²) in [7, 11) is 0. The molecule has 102 valence electrons. The van der Waals surface area contributed by atoms with E-state index < -0.39 is 23.7 Å². The topological polar surface area (TPSA) is 106 Å². The maximum Gasteiger partial charge on any atom is 0.339 e. The molecule has 2 heterocycles. The second-order valence-electron chi connectivity index (χ2n) is 4.02. The molecule has 1 aromatic heterocycles. The average molecular weight is 269 g/mol. The molecular formula is C11H12FN3O4. The number of rotatable bonds is 3. The molecule has 0 aliphatic carbocycles. The van der Waals surface area contributed by atoms with E-state index in [1.807, 2.05) is 0 Å². The summed E-state index contributed by atoms with van der Waals surface area (Å²) < 4.78 is 18.2. The lowest BCUT2D eigenvalue weighted by Crippen LogP contribution is -2.53. The molecule has 1 unspecified atom stereocenters. The number of amides is 1. The Morgan fingerprint density at radius 3 is 2.95 bits per heavy atom. The van der Waals surface area contributed by atoms with Gasteiger partial charge < -0.3 is 20.5 Å². The van der Waals surface area contributed by atoms with Crippen LogP contribution in [0.2, 0.25) is 0 Å². The number of aromatic nitrogens is 1. The maximum absolute atomic E-state index is 13.1. The van der Waals surface area contributed by atoms with Gasteiger partial charge in [0.15, 0.2) is 0 Å². The quantitative estimate of drug-likeness (QED) is 0.774. The monoisotopic (exact) mass is 269 g/mol. The zero-order valence-corrected chi connectivity index (χ0v) is 9.88. The highest BCUT2D eigenvalue weighted by atomic mass is 19.1. The number of hydrogen-bond donors (Lipinski definition) is 2. The molecule has 19 heavy (non-hydrogen) atoms. The molecule has 1 fully saturated rings. The SMILES string of the molecule is NC(=O)C1COCCN1c1ncc(F)cc1C(=O)O. The van der Waals surface area contributed by atoms with Crippen LogP contribution in [0.25, 0.3) is 0 Å². The van der Waals surface area contributed by atoms with Crippen molar-refractivity contribution in [3.05, 3.63) is 23.6 Å². The first-order chi connectivity index (χ1) is 9.00. The summed E-state index contributed by atoms with van der Waals surface area (Å²) in [4.78, 5) is 27.6. The predicted molar refractivity (Wildman–Crippen MR) is 62.3 cm³/mol. The number of hydrogen-bond acceptors (Lipinski definition) is 5. The van der Waals surface area contributed by atoms with Gasteiger partial charge in [-0.15, -0.1) is 0 Å². The van der Waals surface area contributed by atoms with Gasteiger partial charge in [-0.2, -0.15) is 0 Å². The highest BCUT2D eigenvalue weighted by Crippen LogP contribution is 2.22. The molecule has 2 rings (SSSR count). The molecule has 1 saturated heterocycles. The van der Waals surface area contributed by atoms with Crippen LogP contribution < -0.4 is 10.6 Å². The minimum atomic E-state index is -1.32. The van der Waals surface area contributed by atoms with Crippen LogP contribution in [-0.4, -0.2) is 47.8 Å². The van der Waals surface area contributed by atoms with Crippen LogP contribution in [0.5, 0.6) is 0 Å². The number of carboxylic acids is 1. The van der Waals surface area contributed by atoms with Crippen LogP contribution in [0.3, 0.4) is 0 Å². The van der Waals surface area contributed by atoms with Gasteiger partial charge in [0.25, 0.3) is 0 Å². The van der Waals surface area contributed by atoms with Gasteiger partial charge in [0, 0.05) is 6.54 Å². The molecule has 0 bridgehead atoms. The van der Waals surface area contributed by atoms with Crippen LogP contribution >= 0.6 is 0 Å². The third kappa shape index (κ3) is 2.63. The van der Waals surface area contributed by atoms with E-state index >= 15 is 0 Å². The van der Waals surface area contributed by atoms with Crippen LogP contribution in [0, 0.1) is 5.82 Å². The minimum Gasteiger partial charge on any atom is -0.478 e. The van der Waals surface area contributed by atoms with Gasteiger partial charge in [0.2, 0.25) is 5.91 Å². The molecule has 3 N–H and O–H groups in total. The van der Waals surface area contributed by atoms with Crippen LogP contribution in [0.4, 0.5) is 10.2 Å². The summed E-state index contributed by atoms with van der Waals surface area (Å²) in [5, 5.41) is 9.06. The first-order valence-corrected chi connectivity index (χ1v) is 5.53. The van der Waals surface area contributed by atoms with Gasteiger partial charge in [-0.1, -0.05) is 0 Å². The summed E-state index contributed by atoms with van der Waals surface area (Å²) in [6.45, 7) is 0.613. The number of anilines is 1. The minimum absolute atomic E-state index is 0.0148. The highest BCUT2D eigenvalue weighted by molar-refractivity contribution is 5.94. The molecule has 0 radical (unpaired) electrons. The van der Waals surface area contributed by atoms with E-state index in [-0.39, 0.29) is 24.5 Å². The second kappa shape index (κ2) is 5.19. The zero-order chi connectivity index (χ0) is 14.0. The predicted octanol–water partition coefficient (Wildman–Crippen LogP) is -0.391. The van der Waals surface area contributed by atoms with Gasteiger partial charge in [0.1, 0.15) is 23.2 Å². The van der Waals surface area contributed by atoms with Gasteiger partial charge in [-0.3, -0.25) is 4.79 Å². The molecule has 1 aliphatic rings. The number of halogens is 1. The Bertz CT molecular complexity index is 523. The first-order valence-electron chi connectivity index (χ1n) is 5.53. The molecule has 8 heteroatoms. The largest absolute Gasteiger partial charge is 0.478 e. The van der Waals surface area contributed by atoms with Crippen molar-refractivity contribution in [2.45, 2.75) is 6.04 Å². The number of morpholine rings is 1. The number of nitrogens with two attached hydrogens (primary N) is 1. The van der Waals surface area contributed by atoms with Crippen molar-refractivity contribution < 1.29 is 23.8 Å². The van der Waals surface area contributed by atoms with Gasteiger partial charge in [-0.05, 0) is 6.07 Å². The first kappa shape index (κ1) is 13.2. The molecule has 7 nitrogen and oxygen atoms in total. The highest BCUT2D eigenvalue weighted by Gasteiger charge is 2.31. The summed E-state index contributed by atoms with van der Waals surface area (Å²) in [5.74, 6) is -2.72. The van der Waals surface area contributed by atoms with Crippen LogP contribution in [-0.2, 0) is 9.53 Å². The summed E-state index contributed by atoms with van der Waals surface area (Å²) in [5.41, 5.74) is 4.93. The Kier molecular flexibility index (Phi) is 3.61. The van der Waals surface area contributed by atoms with Gasteiger partial charge >= 0.3 is 5.97 Å². The molecule has 1 aromatic rings. The fourth-order valence-corrected chi connectivity index (χ4v) is 1.91. The lowest BCUT2D eigenvalue weighted by Gasteiger charge is -2.35. The van der Waals surface area contributed by atoms with E-state index in [2.05, 4.69) is 4.98 Å². The second-order valence-corrected chi connectivity index (χ2v) is 4.02. The van der Waals surface area contributed by atoms with Gasteiger partial charge in [-0.25, -0.2) is 14.2 Å². The smallest absolute Gasteiger partial charge is 0.339 e. The Hall–Kier alpha value is -2.22. The maximum atomic E-state index is 13.1. The van der Waals surface area contributed by atoms with Gasteiger partial charge in [0.05, 0.1) is 19.4 Å². The van der Waals surface area contributed by atoms with Crippen molar-refractivity contribution in [1.29, 1.82) is 0 Å². The lowest BCUT2D eigenvalue weighted by atomic mass is 10.1. The summed E-state index contributed by atoms with van der Waals surface area (Å²) in [6.07, 6.45) is 0.898. The number of pyridine rings is 1. The lowest BCUT2D eigenvalue weighted by molar-refractivity contribution is -0.121. The van der Waals surface area contributed by atoms with Crippen LogP contribution in [0.1, 0.15) is 10.4 Å². The van der Waals surface area contributed by atoms with Crippen molar-refractivity contribution in [3.63, 3.8) is 0 Å². The van der Waals surface area contributed by atoms with E-state index in [1.54, 1.807) is 0 Å². The number of primary amides is 1. The molecular weight excluding hydrogens is 257 g/mol. The van der Waals surface area contributed by atoms with E-state index in [1.165, 1.54) is 4.90 Å². The fourth-order valence-electron chi connectivity index (χ4n) is 1.91. The summed E-state index contributed by atoms with van der Waals surface area (Å²) in [6, 6.07) is 0.0443. The van der Waals surface area contributed by atoms with E-state index in [0.717, 1.165) is 12.3 Å². The standard InChI is InChI=1S/C11H12FN3O4/c12-6-3-7(11(17)18)10(14-4-6)15-1-2-19-5-8(15)9(13)16/h3-4,8H,1-2,5H2,(H2,13,16)(H,17,18). The number of carbonyl (C=O) groups is 2. The average Bonchev–Trinajstić information content (AvgIpc) is 2.38. The van der Waals surface area contributed by atoms with Crippen molar-refractivity contribution in [3.8, 4) is 0 Å². The molecule has 1 amide bonds. The Labute approximate surface area is 107 Å². The van der Waals surface area contributed by atoms with Crippen molar-refractivity contribution in [1.82, 2.24) is 4.98 Å². The van der Waals surface area contributed by atoms with Crippen LogP contribution in [0.15, 0.2) is 12.3 Å². The molecule has 1 aliphatic heterocycles. The number of ether oxygens (including phenoxy) is 1. The number of carboxylic acid groups (broad SMARTS) is 1. The Balaban J connectivity index is 2.44. The molecule has 0 saturated carbocycles. The molecule has 1 atom stereocenters. The third-order valence-corrected chi connectivity index (χ3v) is 2.79. The van der Waals surface area contributed by atoms with E-state index in [0.29, 0.717) is 6.61 Å². The number of aromatic carboxylic acids is 1. The number of nitrogens with zero attached hydrogens (tertiary/aromatic N) is 2. The fraction of sp³-hybridized carbons (Fsp3) is 0.364.